The second-order valence-corrected chi connectivity index (χ2v) is 9.87. The quantitative estimate of drug-likeness (QED) is 0.627. The molecule has 8 nitrogen and oxygen atoms in total. The normalized spacial score (nSPS) is 22.5. The molecule has 3 aromatic rings. The number of hydrogen-bond donors (Lipinski definition) is 1. The Bertz CT molecular complexity index is 1300. The standard InChI is InChI=1S/C23H23FN6O2S/c24-15-4-3-5-16(14-15)25-21-20-18(8-13-33(20)31)26-23(27-21)30-11-9-29(10-12-30)22-17-6-1-2-7-19(17)32-28-22/h1-4,6-7,14,16H,5,8-13H2,(H,25,26,27). The van der Waals surface area contributed by atoms with E-state index in [-0.39, 0.29) is 11.9 Å². The van der Waals surface area contributed by atoms with E-state index in [0.29, 0.717) is 35.3 Å². The lowest BCUT2D eigenvalue weighted by Gasteiger charge is -2.35. The summed E-state index contributed by atoms with van der Waals surface area (Å²) >= 11 is 0. The van der Waals surface area contributed by atoms with Gasteiger partial charge in [-0.15, -0.1) is 0 Å². The van der Waals surface area contributed by atoms with Crippen molar-refractivity contribution < 1.29 is 13.1 Å². The number of piperazine rings is 1. The van der Waals surface area contributed by atoms with Gasteiger partial charge in [0.1, 0.15) is 16.5 Å². The summed E-state index contributed by atoms with van der Waals surface area (Å²) < 4.78 is 31.8. The van der Waals surface area contributed by atoms with Gasteiger partial charge in [-0.05, 0) is 30.7 Å². The molecule has 0 spiro atoms. The van der Waals surface area contributed by atoms with E-state index in [1.54, 1.807) is 6.08 Å². The van der Waals surface area contributed by atoms with E-state index in [0.717, 1.165) is 48.7 Å². The fourth-order valence-electron chi connectivity index (χ4n) is 4.56. The molecule has 1 saturated heterocycles. The van der Waals surface area contributed by atoms with Crippen molar-refractivity contribution in [2.24, 2.45) is 0 Å². The second kappa shape index (κ2) is 8.26. The number of anilines is 3. The predicted octanol–water partition coefficient (Wildman–Crippen LogP) is 3.20. The summed E-state index contributed by atoms with van der Waals surface area (Å²) in [5, 5.41) is 8.58. The molecule has 0 amide bonds. The highest BCUT2D eigenvalue weighted by Crippen LogP contribution is 2.32. The Morgan fingerprint density at radius 2 is 1.94 bits per heavy atom. The van der Waals surface area contributed by atoms with Crippen molar-refractivity contribution in [3.05, 3.63) is 54.0 Å². The summed E-state index contributed by atoms with van der Waals surface area (Å²) in [5.74, 6) is 2.30. The molecule has 3 aliphatic rings. The van der Waals surface area contributed by atoms with E-state index < -0.39 is 10.8 Å². The molecule has 1 aromatic carbocycles. The van der Waals surface area contributed by atoms with E-state index >= 15 is 0 Å². The molecule has 1 N–H and O–H groups in total. The van der Waals surface area contributed by atoms with Crippen molar-refractivity contribution in [3.63, 3.8) is 0 Å². The molecule has 1 aliphatic carbocycles. The van der Waals surface area contributed by atoms with Crippen LogP contribution in [0.4, 0.5) is 22.0 Å². The fourth-order valence-corrected chi connectivity index (χ4v) is 5.87. The van der Waals surface area contributed by atoms with Crippen LogP contribution in [0.5, 0.6) is 0 Å². The fraction of sp³-hybridized carbons (Fsp3) is 0.348. The number of benzene rings is 1. The summed E-state index contributed by atoms with van der Waals surface area (Å²) in [7, 11) is -1.14. The van der Waals surface area contributed by atoms with E-state index in [1.165, 1.54) is 12.2 Å². The number of aromatic nitrogens is 3. The maximum atomic E-state index is 13.7. The molecule has 1 fully saturated rings. The number of allylic oxidation sites excluding steroid dienone is 2. The van der Waals surface area contributed by atoms with Crippen LogP contribution >= 0.6 is 0 Å². The molecule has 33 heavy (non-hydrogen) atoms. The summed E-state index contributed by atoms with van der Waals surface area (Å²) in [6.45, 7) is 2.96. The van der Waals surface area contributed by atoms with E-state index in [9.17, 15) is 8.60 Å². The summed E-state index contributed by atoms with van der Waals surface area (Å²) in [4.78, 5) is 14.5. The minimum Gasteiger partial charge on any atom is -0.362 e. The van der Waals surface area contributed by atoms with Crippen LogP contribution in [0, 0.1) is 0 Å². The van der Waals surface area contributed by atoms with Gasteiger partial charge in [-0.25, -0.2) is 9.37 Å². The molecule has 0 radical (unpaired) electrons. The maximum Gasteiger partial charge on any atom is 0.227 e. The molecular formula is C23H23FN6O2S. The Hall–Kier alpha value is -3.27. The van der Waals surface area contributed by atoms with Crippen LogP contribution in [-0.2, 0) is 17.2 Å². The average Bonchev–Trinajstić information content (AvgIpc) is 3.43. The molecule has 2 unspecified atom stereocenters. The Morgan fingerprint density at radius 1 is 1.12 bits per heavy atom. The number of fused-ring (bicyclic) bond motifs is 2. The molecule has 2 aliphatic heterocycles. The first kappa shape index (κ1) is 20.3. The summed E-state index contributed by atoms with van der Waals surface area (Å²) in [5.41, 5.74) is 1.60. The average molecular weight is 467 g/mol. The molecule has 2 aromatic heterocycles. The van der Waals surface area contributed by atoms with Crippen molar-refractivity contribution >= 4 is 39.4 Å². The predicted molar refractivity (Wildman–Crippen MR) is 126 cm³/mol. The first-order valence-corrected chi connectivity index (χ1v) is 12.4. The Balaban J connectivity index is 1.24. The van der Waals surface area contributed by atoms with Crippen molar-refractivity contribution in [2.45, 2.75) is 23.8 Å². The third kappa shape index (κ3) is 3.78. The number of nitrogens with one attached hydrogen (secondary N) is 1. The van der Waals surface area contributed by atoms with Gasteiger partial charge < -0.3 is 19.6 Å². The number of hydrogen-bond acceptors (Lipinski definition) is 8. The number of rotatable bonds is 4. The van der Waals surface area contributed by atoms with Gasteiger partial charge in [-0.3, -0.25) is 4.21 Å². The zero-order chi connectivity index (χ0) is 22.4. The Morgan fingerprint density at radius 3 is 2.79 bits per heavy atom. The first-order chi connectivity index (χ1) is 16.2. The first-order valence-electron chi connectivity index (χ1n) is 11.1. The van der Waals surface area contributed by atoms with Gasteiger partial charge in [0.2, 0.25) is 5.95 Å². The molecule has 2 atom stereocenters. The van der Waals surface area contributed by atoms with Crippen LogP contribution < -0.4 is 15.1 Å². The van der Waals surface area contributed by atoms with Crippen LogP contribution in [0.3, 0.4) is 0 Å². The van der Waals surface area contributed by atoms with Gasteiger partial charge in [0.15, 0.2) is 11.4 Å². The monoisotopic (exact) mass is 466 g/mol. The van der Waals surface area contributed by atoms with Crippen molar-refractivity contribution in [1.29, 1.82) is 0 Å². The third-order valence-corrected chi connectivity index (χ3v) is 7.71. The van der Waals surface area contributed by atoms with Crippen molar-refractivity contribution in [3.8, 4) is 0 Å². The molecule has 170 valence electrons. The number of halogens is 1. The van der Waals surface area contributed by atoms with Gasteiger partial charge in [-0.1, -0.05) is 23.4 Å². The largest absolute Gasteiger partial charge is 0.362 e. The van der Waals surface area contributed by atoms with Gasteiger partial charge in [0.05, 0.1) is 27.9 Å². The van der Waals surface area contributed by atoms with E-state index in [4.69, 9.17) is 14.5 Å². The van der Waals surface area contributed by atoms with Crippen LogP contribution in [0.25, 0.3) is 11.0 Å². The SMILES string of the molecule is O=S1CCc2nc(N3CCN(c4noc5ccccc45)CC3)nc(NC3C=C(F)C=CC3)c21. The highest BCUT2D eigenvalue weighted by atomic mass is 32.2. The van der Waals surface area contributed by atoms with Crippen LogP contribution in [0.1, 0.15) is 12.1 Å². The van der Waals surface area contributed by atoms with E-state index in [1.807, 2.05) is 24.3 Å². The summed E-state index contributed by atoms with van der Waals surface area (Å²) in [6, 6.07) is 7.64. The smallest absolute Gasteiger partial charge is 0.227 e. The van der Waals surface area contributed by atoms with Crippen LogP contribution in [0.2, 0.25) is 0 Å². The van der Waals surface area contributed by atoms with E-state index in [2.05, 4.69) is 20.3 Å². The van der Waals surface area contributed by atoms with Gasteiger partial charge in [-0.2, -0.15) is 4.98 Å². The van der Waals surface area contributed by atoms with Crippen LogP contribution in [0.15, 0.2) is 57.7 Å². The van der Waals surface area contributed by atoms with Crippen molar-refractivity contribution in [1.82, 2.24) is 15.1 Å². The number of para-hydroxylation sites is 1. The van der Waals surface area contributed by atoms with Crippen LogP contribution in [-0.4, -0.2) is 57.3 Å². The van der Waals surface area contributed by atoms with Gasteiger partial charge >= 0.3 is 0 Å². The Labute approximate surface area is 192 Å². The Kier molecular flexibility index (Phi) is 5.09. The zero-order valence-corrected chi connectivity index (χ0v) is 18.7. The lowest BCUT2D eigenvalue weighted by Crippen LogP contribution is -2.47. The minimum absolute atomic E-state index is 0.225. The lowest BCUT2D eigenvalue weighted by atomic mass is 10.1. The summed E-state index contributed by atoms with van der Waals surface area (Å²) in [6.07, 6.45) is 6.10. The van der Waals surface area contributed by atoms with Gasteiger partial charge in [0.25, 0.3) is 0 Å². The van der Waals surface area contributed by atoms with Gasteiger partial charge in [0, 0.05) is 38.4 Å². The molecule has 10 heteroatoms. The highest BCUT2D eigenvalue weighted by Gasteiger charge is 2.30. The lowest BCUT2D eigenvalue weighted by molar-refractivity contribution is 0.452. The number of nitrogens with zero attached hydrogens (tertiary/aromatic N) is 5. The molecule has 0 saturated carbocycles. The number of aryl methyl sites for hydroxylation is 1. The second-order valence-electron chi connectivity index (χ2n) is 8.36. The maximum absolute atomic E-state index is 13.7. The van der Waals surface area contributed by atoms with Crippen molar-refractivity contribution in [2.75, 3.05) is 47.0 Å². The molecule has 4 heterocycles. The third-order valence-electron chi connectivity index (χ3n) is 6.25. The highest BCUT2D eigenvalue weighted by molar-refractivity contribution is 7.85. The molecular weight excluding hydrogens is 443 g/mol. The zero-order valence-electron chi connectivity index (χ0n) is 17.9. The molecule has 0 bridgehead atoms. The topological polar surface area (TPSA) is 87.4 Å². The molecule has 6 rings (SSSR count). The minimum atomic E-state index is -1.14.